The van der Waals surface area contributed by atoms with E-state index in [2.05, 4.69) is 56.4 Å². The fraction of sp³-hybridized carbons (Fsp3) is 0.647. The lowest BCUT2D eigenvalue weighted by Crippen LogP contribution is -2.58. The number of benzene rings is 1. The molecule has 2 atom stereocenters. The second-order valence-corrected chi connectivity index (χ2v) is 6.97. The van der Waals surface area contributed by atoms with E-state index >= 15 is 0 Å². The zero-order valence-electron chi connectivity index (χ0n) is 12.6. The molecule has 2 nitrogen and oxygen atoms in total. The van der Waals surface area contributed by atoms with Gasteiger partial charge in [0, 0.05) is 18.6 Å². The minimum absolute atomic E-state index is 0.116. The van der Waals surface area contributed by atoms with E-state index in [9.17, 15) is 0 Å². The van der Waals surface area contributed by atoms with Crippen molar-refractivity contribution in [2.24, 2.45) is 17.1 Å². The number of nitrogens with one attached hydrogen (secondary N) is 1. The molecule has 0 amide bonds. The van der Waals surface area contributed by atoms with Gasteiger partial charge >= 0.3 is 0 Å². The van der Waals surface area contributed by atoms with Crippen molar-refractivity contribution in [3.63, 3.8) is 0 Å². The molecule has 0 aromatic heterocycles. The van der Waals surface area contributed by atoms with E-state index in [0.29, 0.717) is 11.3 Å². The molecule has 0 aliphatic heterocycles. The molecule has 2 heteroatoms. The van der Waals surface area contributed by atoms with Gasteiger partial charge in [-0.3, -0.25) is 0 Å². The van der Waals surface area contributed by atoms with Crippen LogP contribution in [0.15, 0.2) is 30.3 Å². The second-order valence-electron chi connectivity index (χ2n) is 6.97. The molecule has 19 heavy (non-hydrogen) atoms. The Bertz CT molecular complexity index is 399. The fourth-order valence-corrected chi connectivity index (χ4v) is 3.45. The highest BCUT2D eigenvalue weighted by atomic mass is 15.0. The van der Waals surface area contributed by atoms with Gasteiger partial charge < -0.3 is 11.1 Å². The summed E-state index contributed by atoms with van der Waals surface area (Å²) in [5.74, 6) is 0.630. The lowest BCUT2D eigenvalue weighted by atomic mass is 9.64. The van der Waals surface area contributed by atoms with Crippen LogP contribution in [0.1, 0.15) is 45.6 Å². The van der Waals surface area contributed by atoms with Crippen LogP contribution in [0, 0.1) is 11.3 Å². The Morgan fingerprint density at radius 1 is 1.21 bits per heavy atom. The summed E-state index contributed by atoms with van der Waals surface area (Å²) in [7, 11) is 0. The molecular weight excluding hydrogens is 232 g/mol. The van der Waals surface area contributed by atoms with Gasteiger partial charge in [0.05, 0.1) is 0 Å². The van der Waals surface area contributed by atoms with Crippen LogP contribution < -0.4 is 11.1 Å². The highest BCUT2D eigenvalue weighted by Crippen LogP contribution is 2.43. The molecule has 1 aliphatic carbocycles. The Kier molecular flexibility index (Phi) is 4.32. The van der Waals surface area contributed by atoms with E-state index in [1.165, 1.54) is 24.8 Å². The van der Waals surface area contributed by atoms with E-state index in [1.54, 1.807) is 0 Å². The largest absolute Gasteiger partial charge is 0.329 e. The number of hydrogen-bond donors (Lipinski definition) is 2. The third-order valence-electron chi connectivity index (χ3n) is 4.90. The highest BCUT2D eigenvalue weighted by Gasteiger charge is 2.42. The lowest BCUT2D eigenvalue weighted by molar-refractivity contribution is 0.0777. The predicted molar refractivity (Wildman–Crippen MR) is 81.9 cm³/mol. The van der Waals surface area contributed by atoms with Gasteiger partial charge in [0.1, 0.15) is 0 Å². The maximum absolute atomic E-state index is 6.12. The summed E-state index contributed by atoms with van der Waals surface area (Å²) in [6.07, 6.45) is 3.70. The molecule has 1 aromatic rings. The van der Waals surface area contributed by atoms with Crippen molar-refractivity contribution in [3.05, 3.63) is 35.9 Å². The van der Waals surface area contributed by atoms with Gasteiger partial charge in [0.25, 0.3) is 0 Å². The van der Waals surface area contributed by atoms with E-state index in [1.807, 2.05) is 0 Å². The highest BCUT2D eigenvalue weighted by molar-refractivity contribution is 5.15. The molecule has 0 radical (unpaired) electrons. The van der Waals surface area contributed by atoms with E-state index < -0.39 is 0 Å². The maximum Gasteiger partial charge on any atom is 0.0333 e. The SMILES string of the molecule is CC1CC(C)(C)CCC1(CN)NCc1ccccc1. The third kappa shape index (κ3) is 3.37. The quantitative estimate of drug-likeness (QED) is 0.871. The van der Waals surface area contributed by atoms with Gasteiger partial charge in [-0.05, 0) is 36.2 Å². The summed E-state index contributed by atoms with van der Waals surface area (Å²) < 4.78 is 0. The molecule has 106 valence electrons. The Morgan fingerprint density at radius 3 is 2.47 bits per heavy atom. The molecule has 1 aromatic carbocycles. The van der Waals surface area contributed by atoms with Gasteiger partial charge in [0.15, 0.2) is 0 Å². The molecule has 1 aliphatic rings. The molecule has 1 saturated carbocycles. The number of hydrogen-bond acceptors (Lipinski definition) is 2. The minimum Gasteiger partial charge on any atom is -0.329 e. The van der Waals surface area contributed by atoms with Crippen LogP contribution in [-0.4, -0.2) is 12.1 Å². The van der Waals surface area contributed by atoms with Gasteiger partial charge in [-0.1, -0.05) is 51.1 Å². The molecule has 1 fully saturated rings. The average Bonchev–Trinajstić information content (AvgIpc) is 2.39. The maximum atomic E-state index is 6.12. The van der Waals surface area contributed by atoms with Crippen LogP contribution >= 0.6 is 0 Å². The summed E-state index contributed by atoms with van der Waals surface area (Å²) in [5.41, 5.74) is 8.04. The van der Waals surface area contributed by atoms with Crippen molar-refractivity contribution < 1.29 is 0 Å². The van der Waals surface area contributed by atoms with Gasteiger partial charge in [0.2, 0.25) is 0 Å². The van der Waals surface area contributed by atoms with Crippen LogP contribution in [0.3, 0.4) is 0 Å². The fourth-order valence-electron chi connectivity index (χ4n) is 3.45. The van der Waals surface area contributed by atoms with Crippen molar-refractivity contribution in [2.75, 3.05) is 6.54 Å². The van der Waals surface area contributed by atoms with Crippen molar-refractivity contribution in [1.29, 1.82) is 0 Å². The molecule has 2 unspecified atom stereocenters. The van der Waals surface area contributed by atoms with Gasteiger partial charge in [-0.2, -0.15) is 0 Å². The van der Waals surface area contributed by atoms with E-state index in [-0.39, 0.29) is 5.54 Å². The first kappa shape index (κ1) is 14.5. The summed E-state index contributed by atoms with van der Waals surface area (Å²) in [6, 6.07) is 10.6. The zero-order chi connectivity index (χ0) is 13.9. The predicted octanol–water partition coefficient (Wildman–Crippen LogP) is 3.32. The van der Waals surface area contributed by atoms with Crippen LogP contribution in [0.5, 0.6) is 0 Å². The van der Waals surface area contributed by atoms with E-state index in [4.69, 9.17) is 5.73 Å². The first-order valence-corrected chi connectivity index (χ1v) is 7.46. The smallest absolute Gasteiger partial charge is 0.0333 e. The topological polar surface area (TPSA) is 38.0 Å². The molecule has 0 spiro atoms. The monoisotopic (exact) mass is 260 g/mol. The van der Waals surface area contributed by atoms with Crippen molar-refractivity contribution in [3.8, 4) is 0 Å². The van der Waals surface area contributed by atoms with Crippen LogP contribution in [0.2, 0.25) is 0 Å². The molecule has 3 N–H and O–H groups in total. The van der Waals surface area contributed by atoms with Crippen molar-refractivity contribution >= 4 is 0 Å². The summed E-state index contributed by atoms with van der Waals surface area (Å²) in [4.78, 5) is 0. The average molecular weight is 260 g/mol. The summed E-state index contributed by atoms with van der Waals surface area (Å²) >= 11 is 0. The van der Waals surface area contributed by atoms with Crippen LogP contribution in [-0.2, 0) is 6.54 Å². The molecule has 0 heterocycles. The number of rotatable bonds is 4. The first-order chi connectivity index (χ1) is 8.97. The number of nitrogens with two attached hydrogens (primary N) is 1. The van der Waals surface area contributed by atoms with Gasteiger partial charge in [-0.15, -0.1) is 0 Å². The minimum atomic E-state index is 0.116. The Morgan fingerprint density at radius 2 is 1.89 bits per heavy atom. The Hall–Kier alpha value is -0.860. The summed E-state index contributed by atoms with van der Waals surface area (Å²) in [5, 5.41) is 3.76. The van der Waals surface area contributed by atoms with E-state index in [0.717, 1.165) is 13.1 Å². The van der Waals surface area contributed by atoms with Gasteiger partial charge in [-0.25, -0.2) is 0 Å². The first-order valence-electron chi connectivity index (χ1n) is 7.46. The normalized spacial score (nSPS) is 30.2. The van der Waals surface area contributed by atoms with Crippen LogP contribution in [0.25, 0.3) is 0 Å². The molecule has 2 rings (SSSR count). The second kappa shape index (κ2) is 5.64. The zero-order valence-corrected chi connectivity index (χ0v) is 12.6. The van der Waals surface area contributed by atoms with Crippen molar-refractivity contribution in [2.45, 2.75) is 52.1 Å². The van der Waals surface area contributed by atoms with Crippen molar-refractivity contribution in [1.82, 2.24) is 5.32 Å². The van der Waals surface area contributed by atoms with Crippen LogP contribution in [0.4, 0.5) is 0 Å². The lowest BCUT2D eigenvalue weighted by Gasteiger charge is -2.48. The molecule has 0 saturated heterocycles. The summed E-state index contributed by atoms with van der Waals surface area (Å²) in [6.45, 7) is 8.76. The Labute approximate surface area is 117 Å². The third-order valence-corrected chi connectivity index (χ3v) is 4.90. The Balaban J connectivity index is 2.03. The molecular formula is C17H28N2. The molecule has 0 bridgehead atoms. The standard InChI is InChI=1S/C17H28N2/c1-14-11-16(2,3)9-10-17(14,13-18)19-12-15-7-5-4-6-8-15/h4-8,14,19H,9-13,18H2,1-3H3.